The van der Waals surface area contributed by atoms with Crippen molar-refractivity contribution in [3.05, 3.63) is 6.07 Å². The molecule has 0 radical (unpaired) electrons. The minimum absolute atomic E-state index is 0.619. The Morgan fingerprint density at radius 2 is 2.47 bits per heavy atom. The Morgan fingerprint density at radius 3 is 3.12 bits per heavy atom. The van der Waals surface area contributed by atoms with E-state index in [1.165, 1.54) is 12.8 Å². The first kappa shape index (κ1) is 12.3. The summed E-state index contributed by atoms with van der Waals surface area (Å²) in [4.78, 5) is 4.47. The van der Waals surface area contributed by atoms with Crippen molar-refractivity contribution in [2.45, 2.75) is 25.0 Å². The van der Waals surface area contributed by atoms with Crippen LogP contribution in [0.4, 0.5) is 5.82 Å². The molecule has 1 unspecified atom stereocenters. The third-order valence-electron chi connectivity index (χ3n) is 2.61. The van der Waals surface area contributed by atoms with Crippen LogP contribution in [0.5, 0.6) is 5.88 Å². The van der Waals surface area contributed by atoms with Crippen LogP contribution in [0.15, 0.2) is 11.1 Å². The fourth-order valence-corrected chi connectivity index (χ4v) is 2.90. The number of ether oxygens (including phenoxy) is 1. The molecule has 0 saturated heterocycles. The minimum Gasteiger partial charge on any atom is -0.481 e. The van der Waals surface area contributed by atoms with Crippen LogP contribution in [0.3, 0.4) is 0 Å². The normalized spacial score (nSPS) is 19.2. The number of nitrogens with zero attached hydrogens (tertiary/aromatic N) is 3. The average Bonchev–Trinajstić information content (AvgIpc) is 2.87. The number of hydrogen-bond acceptors (Lipinski definition) is 5. The van der Waals surface area contributed by atoms with Crippen LogP contribution in [0, 0.1) is 0 Å². The molecule has 1 aliphatic heterocycles. The van der Waals surface area contributed by atoms with Gasteiger partial charge in [-0.15, -0.1) is 0 Å². The number of aromatic nitrogens is 2. The highest BCUT2D eigenvalue weighted by Gasteiger charge is 2.19. The highest BCUT2D eigenvalue weighted by molar-refractivity contribution is 8.15. The van der Waals surface area contributed by atoms with E-state index in [4.69, 9.17) is 4.74 Å². The number of aryl methyl sites for hydroxylation is 1. The Hall–Kier alpha value is -1.17. The summed E-state index contributed by atoms with van der Waals surface area (Å²) in [7, 11) is 3.49. The second-order valence-corrected chi connectivity index (χ2v) is 5.28. The second kappa shape index (κ2) is 5.44. The van der Waals surface area contributed by atoms with Crippen LogP contribution < -0.4 is 10.1 Å². The lowest BCUT2D eigenvalue weighted by Gasteiger charge is -2.05. The third kappa shape index (κ3) is 2.94. The molecule has 1 atom stereocenters. The number of methoxy groups -OCH3 is 1. The first-order chi connectivity index (χ1) is 8.22. The number of hydrogen-bond donors (Lipinski definition) is 1. The molecule has 6 heteroatoms. The van der Waals surface area contributed by atoms with Crippen LogP contribution in [-0.4, -0.2) is 33.9 Å². The summed E-state index contributed by atoms with van der Waals surface area (Å²) in [6, 6.07) is 1.87. The molecule has 1 aromatic rings. The quantitative estimate of drug-likeness (QED) is 0.894. The van der Waals surface area contributed by atoms with Crippen molar-refractivity contribution in [1.29, 1.82) is 0 Å². The number of nitrogens with one attached hydrogen (secondary N) is 1. The van der Waals surface area contributed by atoms with Gasteiger partial charge in [0.2, 0.25) is 5.88 Å². The van der Waals surface area contributed by atoms with Crippen molar-refractivity contribution in [3.8, 4) is 5.88 Å². The van der Waals surface area contributed by atoms with Gasteiger partial charge in [-0.2, -0.15) is 5.10 Å². The molecule has 0 saturated carbocycles. The molecule has 1 aromatic heterocycles. The molecule has 2 heterocycles. The summed E-state index contributed by atoms with van der Waals surface area (Å²) in [5, 5.41) is 9.11. The molecule has 5 nitrogen and oxygen atoms in total. The monoisotopic (exact) mass is 254 g/mol. The molecule has 0 bridgehead atoms. The van der Waals surface area contributed by atoms with E-state index in [-0.39, 0.29) is 0 Å². The van der Waals surface area contributed by atoms with Gasteiger partial charge in [-0.3, -0.25) is 4.99 Å². The molecular formula is C11H18N4OS. The maximum atomic E-state index is 5.16. The van der Waals surface area contributed by atoms with Gasteiger partial charge in [0.1, 0.15) is 0 Å². The molecule has 17 heavy (non-hydrogen) atoms. The van der Waals surface area contributed by atoms with Crippen LogP contribution in [0.25, 0.3) is 0 Å². The zero-order valence-electron chi connectivity index (χ0n) is 10.4. The SMILES string of the molecule is CCCC1CN=C(Nc2cc(OC)n(C)n2)S1. The van der Waals surface area contributed by atoms with Crippen molar-refractivity contribution in [2.24, 2.45) is 12.0 Å². The van der Waals surface area contributed by atoms with E-state index in [1.54, 1.807) is 23.6 Å². The smallest absolute Gasteiger partial charge is 0.213 e. The average molecular weight is 254 g/mol. The maximum absolute atomic E-state index is 5.16. The number of amidine groups is 1. The molecule has 0 fully saturated rings. The van der Waals surface area contributed by atoms with Gasteiger partial charge in [0.25, 0.3) is 0 Å². The maximum Gasteiger partial charge on any atom is 0.213 e. The zero-order chi connectivity index (χ0) is 12.3. The van der Waals surface area contributed by atoms with Gasteiger partial charge in [0.05, 0.1) is 13.7 Å². The fraction of sp³-hybridized carbons (Fsp3) is 0.636. The van der Waals surface area contributed by atoms with Crippen LogP contribution >= 0.6 is 11.8 Å². The third-order valence-corrected chi connectivity index (χ3v) is 3.78. The summed E-state index contributed by atoms with van der Waals surface area (Å²) in [5.74, 6) is 1.52. The van der Waals surface area contributed by atoms with E-state index in [0.29, 0.717) is 5.25 Å². The van der Waals surface area contributed by atoms with Gasteiger partial charge in [-0.25, -0.2) is 4.68 Å². The van der Waals surface area contributed by atoms with Gasteiger partial charge in [-0.1, -0.05) is 25.1 Å². The van der Waals surface area contributed by atoms with Gasteiger partial charge >= 0.3 is 0 Å². The van der Waals surface area contributed by atoms with Crippen molar-refractivity contribution in [1.82, 2.24) is 9.78 Å². The summed E-state index contributed by atoms with van der Waals surface area (Å²) in [6.45, 7) is 3.11. The summed E-state index contributed by atoms with van der Waals surface area (Å²) in [6.07, 6.45) is 2.42. The van der Waals surface area contributed by atoms with Crippen LogP contribution in [-0.2, 0) is 7.05 Å². The van der Waals surface area contributed by atoms with Crippen molar-refractivity contribution < 1.29 is 4.74 Å². The Bertz CT molecular complexity index is 416. The molecule has 0 aromatic carbocycles. The highest BCUT2D eigenvalue weighted by Crippen LogP contribution is 2.26. The van der Waals surface area contributed by atoms with Crippen molar-refractivity contribution >= 4 is 22.7 Å². The summed E-state index contributed by atoms with van der Waals surface area (Å²) >= 11 is 1.80. The van der Waals surface area contributed by atoms with Gasteiger partial charge in [0, 0.05) is 18.4 Å². The first-order valence-corrected chi connectivity index (χ1v) is 6.67. The van der Waals surface area contributed by atoms with Crippen molar-refractivity contribution in [3.63, 3.8) is 0 Å². The lowest BCUT2D eigenvalue weighted by Crippen LogP contribution is -2.08. The molecule has 94 valence electrons. The largest absolute Gasteiger partial charge is 0.481 e. The van der Waals surface area contributed by atoms with E-state index in [9.17, 15) is 0 Å². The fourth-order valence-electron chi connectivity index (χ4n) is 1.77. The summed E-state index contributed by atoms with van der Waals surface area (Å²) in [5.41, 5.74) is 0. The number of anilines is 1. The first-order valence-electron chi connectivity index (χ1n) is 5.79. The number of rotatable bonds is 4. The molecule has 0 aliphatic carbocycles. The number of aliphatic imine (C=N–C) groups is 1. The molecule has 2 rings (SSSR count). The highest BCUT2D eigenvalue weighted by atomic mass is 32.2. The van der Waals surface area contributed by atoms with Crippen LogP contribution in [0.2, 0.25) is 0 Å². The van der Waals surface area contributed by atoms with Gasteiger partial charge in [-0.05, 0) is 6.42 Å². The van der Waals surface area contributed by atoms with E-state index in [1.807, 2.05) is 13.1 Å². The van der Waals surface area contributed by atoms with E-state index in [0.717, 1.165) is 23.4 Å². The predicted molar refractivity (Wildman–Crippen MR) is 72.0 cm³/mol. The van der Waals surface area contributed by atoms with Gasteiger partial charge in [0.15, 0.2) is 11.0 Å². The zero-order valence-corrected chi connectivity index (χ0v) is 11.3. The Morgan fingerprint density at radius 1 is 1.65 bits per heavy atom. The second-order valence-electron chi connectivity index (χ2n) is 3.99. The lowest BCUT2D eigenvalue weighted by atomic mass is 10.2. The topological polar surface area (TPSA) is 51.4 Å². The van der Waals surface area contributed by atoms with Crippen LogP contribution in [0.1, 0.15) is 19.8 Å². The Kier molecular flexibility index (Phi) is 3.93. The molecule has 0 spiro atoms. The molecule has 1 N–H and O–H groups in total. The Balaban J connectivity index is 1.93. The van der Waals surface area contributed by atoms with Crippen molar-refractivity contribution in [2.75, 3.05) is 19.0 Å². The number of thioether (sulfide) groups is 1. The lowest BCUT2D eigenvalue weighted by molar-refractivity contribution is 0.373. The molecular weight excluding hydrogens is 236 g/mol. The predicted octanol–water partition coefficient (Wildman–Crippen LogP) is 2.11. The Labute approximate surface area is 106 Å². The molecule has 1 aliphatic rings. The minimum atomic E-state index is 0.619. The van der Waals surface area contributed by atoms with E-state index >= 15 is 0 Å². The van der Waals surface area contributed by atoms with E-state index < -0.39 is 0 Å². The standard InChI is InChI=1S/C11H18N4OS/c1-4-5-8-7-12-11(17-8)13-9-6-10(16-3)15(2)14-9/h6,8H,4-5,7H2,1-3H3,(H,12,13,14). The molecule has 0 amide bonds. The van der Waals surface area contributed by atoms with Gasteiger partial charge < -0.3 is 10.1 Å². The van der Waals surface area contributed by atoms with E-state index in [2.05, 4.69) is 22.3 Å². The summed E-state index contributed by atoms with van der Waals surface area (Å²) < 4.78 is 6.86.